The highest BCUT2D eigenvalue weighted by atomic mass is 16.1. The van der Waals surface area contributed by atoms with Gasteiger partial charge >= 0.3 is 0 Å². The predicted octanol–water partition coefficient (Wildman–Crippen LogP) is 3.15. The first-order valence-corrected chi connectivity index (χ1v) is 7.66. The monoisotopic (exact) mass is 285 g/mol. The van der Waals surface area contributed by atoms with E-state index in [1.165, 1.54) is 19.3 Å². The molecule has 1 aliphatic rings. The number of nitriles is 1. The molecule has 0 aromatic heterocycles. The molecule has 1 heterocycles. The van der Waals surface area contributed by atoms with Crippen LogP contribution >= 0.6 is 0 Å². The second-order valence-corrected chi connectivity index (χ2v) is 5.85. The number of anilines is 1. The molecule has 4 nitrogen and oxygen atoms in total. The van der Waals surface area contributed by atoms with Crippen LogP contribution in [0.4, 0.5) is 5.69 Å². The average molecular weight is 285 g/mol. The minimum Gasteiger partial charge on any atom is -0.326 e. The molecule has 0 bridgehead atoms. The Bertz CT molecular complexity index is 508. The smallest absolute Gasteiger partial charge is 0.225 e. The summed E-state index contributed by atoms with van der Waals surface area (Å²) in [6, 6.07) is 10.2. The van der Waals surface area contributed by atoms with Crippen molar-refractivity contribution in [3.8, 4) is 6.07 Å². The molecule has 2 atom stereocenters. The summed E-state index contributed by atoms with van der Waals surface area (Å²) in [6.07, 6.45) is 4.24. The minimum atomic E-state index is 0.0321. The van der Waals surface area contributed by atoms with E-state index < -0.39 is 0 Å². The summed E-state index contributed by atoms with van der Waals surface area (Å²) in [4.78, 5) is 14.5. The second kappa shape index (κ2) is 7.24. The van der Waals surface area contributed by atoms with Crippen molar-refractivity contribution in [3.05, 3.63) is 29.8 Å². The molecular formula is C17H23N3O. The maximum absolute atomic E-state index is 12.0. The summed E-state index contributed by atoms with van der Waals surface area (Å²) in [7, 11) is 0. The van der Waals surface area contributed by atoms with Crippen molar-refractivity contribution < 1.29 is 4.79 Å². The number of likely N-dealkylation sites (tertiary alicyclic amines) is 1. The van der Waals surface area contributed by atoms with Crippen LogP contribution in [0.5, 0.6) is 0 Å². The molecule has 1 saturated heterocycles. The number of piperidine rings is 1. The third-order valence-corrected chi connectivity index (χ3v) is 4.27. The number of hydrogen-bond acceptors (Lipinski definition) is 3. The van der Waals surface area contributed by atoms with Crippen molar-refractivity contribution in [1.82, 2.24) is 4.90 Å². The Morgan fingerprint density at radius 3 is 2.48 bits per heavy atom. The number of carbonyl (C=O) groups is 1. The van der Waals surface area contributed by atoms with Crippen molar-refractivity contribution in [2.75, 3.05) is 11.9 Å². The van der Waals surface area contributed by atoms with E-state index in [9.17, 15) is 4.79 Å². The molecule has 0 aliphatic carbocycles. The summed E-state index contributed by atoms with van der Waals surface area (Å²) >= 11 is 0. The Kier molecular flexibility index (Phi) is 5.35. The first-order chi connectivity index (χ1) is 10.1. The van der Waals surface area contributed by atoms with Crippen molar-refractivity contribution in [3.63, 3.8) is 0 Å². The first-order valence-electron chi connectivity index (χ1n) is 7.66. The fourth-order valence-corrected chi connectivity index (χ4v) is 3.00. The van der Waals surface area contributed by atoms with Gasteiger partial charge in [-0.25, -0.2) is 0 Å². The normalized spacial score (nSPS) is 22.5. The van der Waals surface area contributed by atoms with Gasteiger partial charge in [-0.3, -0.25) is 9.69 Å². The summed E-state index contributed by atoms with van der Waals surface area (Å²) in [6.45, 7) is 5.30. The zero-order valence-electron chi connectivity index (χ0n) is 12.8. The Balaban J connectivity index is 1.82. The molecule has 1 N–H and O–H groups in total. The zero-order valence-corrected chi connectivity index (χ0v) is 12.8. The van der Waals surface area contributed by atoms with Gasteiger partial charge in [0.05, 0.1) is 11.6 Å². The average Bonchev–Trinajstić information content (AvgIpc) is 2.47. The SMILES string of the molecule is CC1CCCC(C)N1CCC(=O)Nc1ccc(C#N)cc1. The Morgan fingerprint density at radius 1 is 1.29 bits per heavy atom. The largest absolute Gasteiger partial charge is 0.326 e. The lowest BCUT2D eigenvalue weighted by Crippen LogP contribution is -2.44. The minimum absolute atomic E-state index is 0.0321. The Morgan fingerprint density at radius 2 is 1.90 bits per heavy atom. The fraction of sp³-hybridized carbons (Fsp3) is 0.529. The lowest BCUT2D eigenvalue weighted by atomic mass is 9.97. The van der Waals surface area contributed by atoms with Gasteiger partial charge in [-0.15, -0.1) is 0 Å². The summed E-state index contributed by atoms with van der Waals surface area (Å²) < 4.78 is 0. The lowest BCUT2D eigenvalue weighted by Gasteiger charge is -2.38. The van der Waals surface area contributed by atoms with Crippen LogP contribution in [-0.4, -0.2) is 29.4 Å². The molecule has 4 heteroatoms. The van der Waals surface area contributed by atoms with Crippen molar-refractivity contribution in [2.45, 2.75) is 51.6 Å². The number of nitrogens with zero attached hydrogens (tertiary/aromatic N) is 2. The van der Waals surface area contributed by atoms with Crippen molar-refractivity contribution >= 4 is 11.6 Å². The first kappa shape index (κ1) is 15.5. The number of rotatable bonds is 4. The maximum Gasteiger partial charge on any atom is 0.225 e. The van der Waals surface area contributed by atoms with Gasteiger partial charge in [-0.1, -0.05) is 6.42 Å². The van der Waals surface area contributed by atoms with Gasteiger partial charge in [-0.2, -0.15) is 5.26 Å². The van der Waals surface area contributed by atoms with Crippen LogP contribution < -0.4 is 5.32 Å². The van der Waals surface area contributed by atoms with Gasteiger partial charge in [0.25, 0.3) is 0 Å². The Labute approximate surface area is 126 Å². The van der Waals surface area contributed by atoms with E-state index in [1.807, 2.05) is 0 Å². The van der Waals surface area contributed by atoms with Crippen molar-refractivity contribution in [2.24, 2.45) is 0 Å². The summed E-state index contributed by atoms with van der Waals surface area (Å²) in [5.41, 5.74) is 1.35. The highest BCUT2D eigenvalue weighted by molar-refractivity contribution is 5.90. The number of benzene rings is 1. The zero-order chi connectivity index (χ0) is 15.2. The van der Waals surface area contributed by atoms with E-state index in [0.717, 1.165) is 12.2 Å². The van der Waals surface area contributed by atoms with Crippen LogP contribution in [0.2, 0.25) is 0 Å². The molecule has 1 aromatic carbocycles. The van der Waals surface area contributed by atoms with Crippen LogP contribution in [0.1, 0.15) is 45.1 Å². The molecule has 1 fully saturated rings. The molecule has 1 aliphatic heterocycles. The predicted molar refractivity (Wildman–Crippen MR) is 83.9 cm³/mol. The topological polar surface area (TPSA) is 56.1 Å². The molecule has 0 spiro atoms. The van der Waals surface area contributed by atoms with E-state index in [0.29, 0.717) is 24.1 Å². The van der Waals surface area contributed by atoms with Gasteiger partial charge in [0.15, 0.2) is 0 Å². The quantitative estimate of drug-likeness (QED) is 0.924. The molecule has 21 heavy (non-hydrogen) atoms. The molecule has 1 amide bonds. The van der Waals surface area contributed by atoms with Crippen LogP contribution in [0, 0.1) is 11.3 Å². The van der Waals surface area contributed by atoms with E-state index >= 15 is 0 Å². The molecule has 112 valence electrons. The van der Waals surface area contributed by atoms with Gasteiger partial charge < -0.3 is 5.32 Å². The molecule has 0 saturated carbocycles. The fourth-order valence-electron chi connectivity index (χ4n) is 3.00. The molecule has 2 rings (SSSR count). The number of carbonyl (C=O) groups excluding carboxylic acids is 1. The van der Waals surface area contributed by atoms with Crippen molar-refractivity contribution in [1.29, 1.82) is 5.26 Å². The molecule has 1 aromatic rings. The van der Waals surface area contributed by atoms with Gasteiger partial charge in [0.2, 0.25) is 5.91 Å². The molecular weight excluding hydrogens is 262 g/mol. The number of amides is 1. The second-order valence-electron chi connectivity index (χ2n) is 5.85. The van der Waals surface area contributed by atoms with E-state index in [-0.39, 0.29) is 5.91 Å². The standard InChI is InChI=1S/C17H23N3O/c1-13-4-3-5-14(2)20(13)11-10-17(21)19-16-8-6-15(12-18)7-9-16/h6-9,13-14H,3-5,10-11H2,1-2H3,(H,19,21). The van der Waals surface area contributed by atoms with Crippen LogP contribution in [-0.2, 0) is 4.79 Å². The molecule has 2 unspecified atom stereocenters. The highest BCUT2D eigenvalue weighted by Crippen LogP contribution is 2.22. The van der Waals surface area contributed by atoms with Gasteiger partial charge in [0.1, 0.15) is 0 Å². The van der Waals surface area contributed by atoms with Crippen LogP contribution in [0.15, 0.2) is 24.3 Å². The third-order valence-electron chi connectivity index (χ3n) is 4.27. The number of nitrogens with one attached hydrogen (secondary N) is 1. The Hall–Kier alpha value is -1.86. The maximum atomic E-state index is 12.0. The number of hydrogen-bond donors (Lipinski definition) is 1. The van der Waals surface area contributed by atoms with Crippen LogP contribution in [0.25, 0.3) is 0 Å². The van der Waals surface area contributed by atoms with E-state index in [1.54, 1.807) is 24.3 Å². The van der Waals surface area contributed by atoms with Gasteiger partial charge in [0, 0.05) is 30.7 Å². The lowest BCUT2D eigenvalue weighted by molar-refractivity contribution is -0.116. The van der Waals surface area contributed by atoms with E-state index in [2.05, 4.69) is 30.1 Å². The molecule has 0 radical (unpaired) electrons. The summed E-state index contributed by atoms with van der Waals surface area (Å²) in [5, 5.41) is 11.6. The summed E-state index contributed by atoms with van der Waals surface area (Å²) in [5.74, 6) is 0.0321. The van der Waals surface area contributed by atoms with E-state index in [4.69, 9.17) is 5.26 Å². The third kappa shape index (κ3) is 4.30. The van der Waals surface area contributed by atoms with Gasteiger partial charge in [-0.05, 0) is 51.0 Å². The van der Waals surface area contributed by atoms with Crippen LogP contribution in [0.3, 0.4) is 0 Å². The highest BCUT2D eigenvalue weighted by Gasteiger charge is 2.24.